The van der Waals surface area contributed by atoms with E-state index in [0.29, 0.717) is 11.3 Å². The fourth-order valence-corrected chi connectivity index (χ4v) is 3.98. The van der Waals surface area contributed by atoms with E-state index >= 15 is 0 Å². The maximum atomic E-state index is 13.2. The predicted molar refractivity (Wildman–Crippen MR) is 144 cm³/mol. The number of benzene rings is 2. The van der Waals surface area contributed by atoms with Gasteiger partial charge in [-0.15, -0.1) is 5.10 Å². The molecule has 0 bridgehead atoms. The number of hydrazone groups is 1. The summed E-state index contributed by atoms with van der Waals surface area (Å²) in [5.74, 6) is -0.190. The van der Waals surface area contributed by atoms with Gasteiger partial charge in [0.15, 0.2) is 5.69 Å². The van der Waals surface area contributed by atoms with Gasteiger partial charge in [-0.05, 0) is 45.8 Å². The highest BCUT2D eigenvalue weighted by Gasteiger charge is 2.27. The van der Waals surface area contributed by atoms with Crippen molar-refractivity contribution in [1.29, 1.82) is 0 Å². The van der Waals surface area contributed by atoms with E-state index in [1.807, 2.05) is 84.9 Å². The van der Waals surface area contributed by atoms with Gasteiger partial charge in [-0.2, -0.15) is 9.78 Å². The first-order valence-corrected chi connectivity index (χ1v) is 12.1. The number of nitrogens with one attached hydrogen (secondary N) is 1. The van der Waals surface area contributed by atoms with Crippen LogP contribution in [0.2, 0.25) is 0 Å². The number of phenols is 1. The molecule has 0 radical (unpaired) electrons. The monoisotopic (exact) mass is 516 g/mol. The molecule has 4 rings (SSSR count). The van der Waals surface area contributed by atoms with Crippen molar-refractivity contribution in [3.63, 3.8) is 0 Å². The third-order valence-electron chi connectivity index (χ3n) is 6.03. The summed E-state index contributed by atoms with van der Waals surface area (Å²) in [5.41, 5.74) is 12.2. The molecular weight excluding hydrogens is 484 g/mol. The van der Waals surface area contributed by atoms with Crippen LogP contribution in [0.3, 0.4) is 0 Å². The minimum Gasteiger partial charge on any atom is -0.507 e. The van der Waals surface area contributed by atoms with Gasteiger partial charge in [0.2, 0.25) is 11.6 Å². The minimum atomic E-state index is -0.580. The predicted octanol–water partition coefficient (Wildman–Crippen LogP) is 4.27. The van der Waals surface area contributed by atoms with E-state index in [9.17, 15) is 9.90 Å². The Labute approximate surface area is 220 Å². The zero-order chi connectivity index (χ0) is 27.8. The van der Waals surface area contributed by atoms with Gasteiger partial charge in [-0.3, -0.25) is 4.79 Å². The number of nitrogens with two attached hydrogens (primary N) is 1. The highest BCUT2D eigenvalue weighted by Crippen LogP contribution is 2.39. The molecule has 2 heterocycles. The molecular formula is C27H32N8O3. The van der Waals surface area contributed by atoms with E-state index < -0.39 is 5.91 Å². The van der Waals surface area contributed by atoms with Gasteiger partial charge >= 0.3 is 0 Å². The molecule has 4 N–H and O–H groups in total. The lowest BCUT2D eigenvalue weighted by Crippen LogP contribution is -2.20. The number of nitrogen functional groups attached to an aromatic ring is 1. The summed E-state index contributed by atoms with van der Waals surface area (Å²) in [6, 6.07) is 11.2. The van der Waals surface area contributed by atoms with Crippen LogP contribution in [0.4, 0.5) is 5.82 Å². The zero-order valence-corrected chi connectivity index (χ0v) is 22.6. The first-order chi connectivity index (χ1) is 17.8. The first kappa shape index (κ1) is 26.5. The fraction of sp³-hybridized carbons (Fsp3) is 0.333. The number of aromatic hydroxyl groups is 1. The first-order valence-electron chi connectivity index (χ1n) is 12.1. The van der Waals surface area contributed by atoms with Crippen molar-refractivity contribution in [3.8, 4) is 22.8 Å². The minimum absolute atomic E-state index is 0.00451. The molecule has 0 spiro atoms. The van der Waals surface area contributed by atoms with Gasteiger partial charge in [0.25, 0.3) is 5.91 Å². The number of carbonyl (C=O) groups excluding carboxylic acids is 1. The highest BCUT2D eigenvalue weighted by molar-refractivity contribution is 5.98. The molecule has 0 saturated heterocycles. The van der Waals surface area contributed by atoms with E-state index in [1.54, 1.807) is 0 Å². The lowest BCUT2D eigenvalue weighted by atomic mass is 9.78. The Hall–Kier alpha value is -4.54. The van der Waals surface area contributed by atoms with Gasteiger partial charge < -0.3 is 10.8 Å². The lowest BCUT2D eigenvalue weighted by molar-refractivity contribution is 0.0950. The second kappa shape index (κ2) is 9.73. The summed E-state index contributed by atoms with van der Waals surface area (Å²) in [7, 11) is 0. The molecule has 11 nitrogen and oxygen atoms in total. The number of nitrogens with zero attached hydrogens (tertiary/aromatic N) is 6. The third-order valence-corrected chi connectivity index (χ3v) is 6.03. The van der Waals surface area contributed by atoms with E-state index in [4.69, 9.17) is 10.4 Å². The number of carbonyl (C=O) groups is 1. The molecule has 4 aromatic rings. The molecule has 0 saturated carbocycles. The van der Waals surface area contributed by atoms with Crippen molar-refractivity contribution in [2.45, 2.75) is 59.3 Å². The van der Waals surface area contributed by atoms with Crippen LogP contribution in [0.5, 0.6) is 5.75 Å². The maximum Gasteiger partial charge on any atom is 0.294 e. The van der Waals surface area contributed by atoms with Crippen molar-refractivity contribution in [1.82, 2.24) is 30.7 Å². The molecule has 1 amide bonds. The quantitative estimate of drug-likeness (QED) is 0.262. The van der Waals surface area contributed by atoms with Gasteiger partial charge in [0, 0.05) is 16.7 Å². The van der Waals surface area contributed by atoms with Crippen LogP contribution in [0.15, 0.2) is 46.1 Å². The van der Waals surface area contributed by atoms with E-state index in [-0.39, 0.29) is 33.9 Å². The SMILES string of the molecule is Cc1ccc(-c2c(C(=O)NN=Cc3cc(C(C)(C)C)c(O)c(C(C)(C)C)c3)nnn2-c2nonc2N)cc1. The average Bonchev–Trinajstić information content (AvgIpc) is 3.45. The van der Waals surface area contributed by atoms with E-state index in [2.05, 4.69) is 31.2 Å². The van der Waals surface area contributed by atoms with Crippen LogP contribution >= 0.6 is 0 Å². The average molecular weight is 517 g/mol. The van der Waals surface area contributed by atoms with E-state index in [1.165, 1.54) is 10.9 Å². The molecule has 0 aliphatic carbocycles. The van der Waals surface area contributed by atoms with Crippen LogP contribution in [0.1, 0.15) is 74.3 Å². The summed E-state index contributed by atoms with van der Waals surface area (Å²) < 4.78 is 6.02. The van der Waals surface area contributed by atoms with Crippen molar-refractivity contribution < 1.29 is 14.5 Å². The van der Waals surface area contributed by atoms with Crippen LogP contribution in [0, 0.1) is 6.92 Å². The number of phenolic OH excluding ortho intramolecular Hbond substituents is 1. The van der Waals surface area contributed by atoms with Crippen LogP contribution in [0.25, 0.3) is 17.1 Å². The van der Waals surface area contributed by atoms with Crippen molar-refractivity contribution >= 4 is 17.9 Å². The molecule has 198 valence electrons. The number of anilines is 1. The molecule has 2 aromatic heterocycles. The fourth-order valence-electron chi connectivity index (χ4n) is 3.98. The number of rotatable bonds is 5. The van der Waals surface area contributed by atoms with E-state index in [0.717, 1.165) is 22.3 Å². The number of hydrogen-bond acceptors (Lipinski definition) is 9. The van der Waals surface area contributed by atoms with Crippen LogP contribution in [-0.4, -0.2) is 42.5 Å². The summed E-state index contributed by atoms with van der Waals surface area (Å²) in [5, 5.41) is 30.7. The largest absolute Gasteiger partial charge is 0.507 e. The zero-order valence-electron chi connectivity index (χ0n) is 22.6. The number of aromatic nitrogens is 5. The molecule has 0 aliphatic rings. The van der Waals surface area contributed by atoms with Gasteiger partial charge in [-0.1, -0.05) is 76.6 Å². The molecule has 11 heteroatoms. The summed E-state index contributed by atoms with van der Waals surface area (Å²) >= 11 is 0. The Morgan fingerprint density at radius 1 is 1.05 bits per heavy atom. The molecule has 0 unspecified atom stereocenters. The van der Waals surface area contributed by atoms with Crippen LogP contribution in [-0.2, 0) is 10.8 Å². The Balaban J connectivity index is 1.69. The summed E-state index contributed by atoms with van der Waals surface area (Å²) in [4.78, 5) is 13.2. The number of amides is 1. The second-order valence-corrected chi connectivity index (χ2v) is 11.2. The number of hydrogen-bond donors (Lipinski definition) is 3. The summed E-state index contributed by atoms with van der Waals surface area (Å²) in [6.45, 7) is 14.2. The lowest BCUT2D eigenvalue weighted by Gasteiger charge is -2.27. The highest BCUT2D eigenvalue weighted by atomic mass is 16.6. The Bertz CT molecular complexity index is 1470. The van der Waals surface area contributed by atoms with Crippen LogP contribution < -0.4 is 11.2 Å². The Morgan fingerprint density at radius 3 is 2.18 bits per heavy atom. The smallest absolute Gasteiger partial charge is 0.294 e. The molecule has 2 aromatic carbocycles. The maximum absolute atomic E-state index is 13.2. The third kappa shape index (κ3) is 5.26. The molecule has 0 aliphatic heterocycles. The second-order valence-electron chi connectivity index (χ2n) is 11.2. The molecule has 0 atom stereocenters. The summed E-state index contributed by atoms with van der Waals surface area (Å²) in [6.07, 6.45) is 1.54. The van der Waals surface area contributed by atoms with Crippen molar-refractivity contribution in [2.75, 3.05) is 5.73 Å². The normalized spacial score (nSPS) is 12.3. The Morgan fingerprint density at radius 2 is 1.66 bits per heavy atom. The number of aryl methyl sites for hydroxylation is 1. The molecule has 38 heavy (non-hydrogen) atoms. The topological polar surface area (TPSA) is 157 Å². The van der Waals surface area contributed by atoms with Crippen molar-refractivity contribution in [3.05, 3.63) is 64.3 Å². The Kier molecular flexibility index (Phi) is 6.79. The van der Waals surface area contributed by atoms with Gasteiger partial charge in [0.05, 0.1) is 6.21 Å². The van der Waals surface area contributed by atoms with Gasteiger partial charge in [0.1, 0.15) is 11.4 Å². The molecule has 0 fully saturated rings. The standard InChI is InChI=1S/C27H32N8O3/c1-15-8-10-17(11-9-15)21-20(30-34-35(21)24-23(28)32-38-33-24)25(37)31-29-14-16-12-18(26(2,3)4)22(36)19(13-16)27(5,6)7/h8-14,36H,1-7H3,(H2,28,32)(H,31,37). The van der Waals surface area contributed by atoms with Crippen molar-refractivity contribution in [2.24, 2.45) is 5.10 Å². The van der Waals surface area contributed by atoms with Gasteiger partial charge in [-0.25, -0.2) is 10.1 Å².